The molecule has 0 spiro atoms. The molecular formula is C98H90BN3O. The van der Waals surface area contributed by atoms with Crippen LogP contribution in [0.4, 0.5) is 34.1 Å². The van der Waals surface area contributed by atoms with E-state index in [2.05, 4.69) is 288 Å². The standard InChI is InChI=1S/C98H90BN3O/c1-94(2,3)69-44-48-82-78(57-69)79-58-70(95(4,5)6)45-49-83(79)100(82)84-40-28-38-74-75-39-29-41-85(93(75)103-92(74)84)101-86-52-65(61-30-20-16-21-31-61)42-46-80(86)99-81-47-43-66(62-32-22-17-23-33-62)53-87(81)102(89-55-68(54-88(101)90(89)99)67-50-71(96(7,8)9)56-72(51-67)97(10,11)12)91-76(63-34-24-18-25-35-63)59-73(98(13,14)15)60-77(91)64-36-26-19-27-37-64/h16-60H,1-15H3/i16D,17D,20D,21D,22D,23D,30D,31D,32D,33D. The molecule has 17 rings (SSSR count). The number of benzene rings is 13. The molecule has 103 heavy (non-hydrogen) atoms. The molecule has 2 aromatic heterocycles. The summed E-state index contributed by atoms with van der Waals surface area (Å²) in [6.07, 6.45) is 0. The van der Waals surface area contributed by atoms with Gasteiger partial charge in [-0.25, -0.2) is 0 Å². The Balaban J connectivity index is 1.06. The molecule has 0 amide bonds. The van der Waals surface area contributed by atoms with E-state index in [4.69, 9.17) is 12.6 Å². The number of hydrogen-bond acceptors (Lipinski definition) is 3. The highest BCUT2D eigenvalue weighted by Gasteiger charge is 2.46. The van der Waals surface area contributed by atoms with E-state index in [-0.39, 0.29) is 62.4 Å². The predicted molar refractivity (Wildman–Crippen MR) is 443 cm³/mol. The van der Waals surface area contributed by atoms with Crippen LogP contribution in [0.15, 0.2) is 277 Å². The third-order valence-corrected chi connectivity index (χ3v) is 21.5. The van der Waals surface area contributed by atoms with Crippen molar-refractivity contribution in [2.75, 3.05) is 9.80 Å². The van der Waals surface area contributed by atoms with Gasteiger partial charge in [0.2, 0.25) is 0 Å². The van der Waals surface area contributed by atoms with Crippen molar-refractivity contribution >= 4 is 101 Å². The maximum Gasteiger partial charge on any atom is 0.252 e. The summed E-state index contributed by atoms with van der Waals surface area (Å²) in [6.45, 7) is 33.1. The molecule has 0 bridgehead atoms. The molecule has 0 N–H and O–H groups in total. The number of furan rings is 1. The van der Waals surface area contributed by atoms with Gasteiger partial charge in [-0.1, -0.05) is 304 Å². The predicted octanol–water partition coefficient (Wildman–Crippen LogP) is 25.6. The molecule has 5 heteroatoms. The second-order valence-corrected chi connectivity index (χ2v) is 33.5. The van der Waals surface area contributed by atoms with Crippen LogP contribution < -0.4 is 26.2 Å². The number of aromatic nitrogens is 1. The summed E-state index contributed by atoms with van der Waals surface area (Å²) in [4.78, 5) is 4.68. The van der Waals surface area contributed by atoms with Gasteiger partial charge in [0.15, 0.2) is 11.2 Å². The van der Waals surface area contributed by atoms with Crippen LogP contribution in [0.3, 0.4) is 0 Å². The number of hydrogen-bond donors (Lipinski definition) is 0. The Hall–Kier alpha value is -10.9. The van der Waals surface area contributed by atoms with Gasteiger partial charge < -0.3 is 18.8 Å². The van der Waals surface area contributed by atoms with Crippen LogP contribution in [0.1, 0.15) is 145 Å². The SMILES string of the molecule is [2H]c1c([2H])c([2H])c(-c2ccc3c(c2)N(c2c(-c4ccccc4)cc(C(C)(C)C)cc2-c2ccccc2)c2cc(-c4cc(C(C)(C)C)cc(C(C)(C)C)c4)cc4c2B3c2ccc(-c3c([2H])c([2H])c([2H])c([2H])c3[2H])cc2N4c2cccc3c2oc2c(-n4c5ccc(C(C)(C)C)cc5c5cc(C(C)(C)C)ccc54)cccc23)c([2H])c1[2H]. The van der Waals surface area contributed by atoms with Crippen LogP contribution in [0.2, 0.25) is 0 Å². The van der Waals surface area contributed by atoms with Crippen molar-refractivity contribution in [2.45, 2.75) is 131 Å². The minimum Gasteiger partial charge on any atom is -0.452 e. The van der Waals surface area contributed by atoms with Crippen molar-refractivity contribution in [3.63, 3.8) is 0 Å². The highest BCUT2D eigenvalue weighted by Crippen LogP contribution is 2.55. The second-order valence-electron chi connectivity index (χ2n) is 33.5. The lowest BCUT2D eigenvalue weighted by atomic mass is 9.33. The van der Waals surface area contributed by atoms with Crippen LogP contribution in [-0.2, 0) is 27.1 Å². The van der Waals surface area contributed by atoms with Crippen LogP contribution in [0, 0.1) is 0 Å². The van der Waals surface area contributed by atoms with Gasteiger partial charge >= 0.3 is 0 Å². The Morgan fingerprint density at radius 2 is 0.699 bits per heavy atom. The van der Waals surface area contributed by atoms with Crippen molar-refractivity contribution < 1.29 is 18.1 Å². The molecule has 0 atom stereocenters. The van der Waals surface area contributed by atoms with Crippen LogP contribution in [-0.4, -0.2) is 11.3 Å². The van der Waals surface area contributed by atoms with Gasteiger partial charge in [0.25, 0.3) is 6.71 Å². The van der Waals surface area contributed by atoms with Crippen molar-refractivity contribution in [1.29, 1.82) is 0 Å². The quantitative estimate of drug-likeness (QED) is 0.142. The number of rotatable bonds is 8. The van der Waals surface area contributed by atoms with Crippen molar-refractivity contribution in [1.82, 2.24) is 4.57 Å². The zero-order chi connectivity index (χ0) is 80.1. The van der Waals surface area contributed by atoms with Crippen LogP contribution in [0.5, 0.6) is 0 Å². The summed E-state index contributed by atoms with van der Waals surface area (Å²) in [5.74, 6) is 0. The third-order valence-electron chi connectivity index (χ3n) is 21.5. The third kappa shape index (κ3) is 11.1. The van der Waals surface area contributed by atoms with Gasteiger partial charge in [0.1, 0.15) is 0 Å². The summed E-state index contributed by atoms with van der Waals surface area (Å²) in [5, 5.41) is 4.05. The molecule has 0 aliphatic carbocycles. The van der Waals surface area contributed by atoms with Gasteiger partial charge in [-0.05, 0) is 189 Å². The van der Waals surface area contributed by atoms with Crippen LogP contribution in [0.25, 0.3) is 105 Å². The van der Waals surface area contributed by atoms with Crippen molar-refractivity contribution in [3.05, 3.63) is 301 Å². The van der Waals surface area contributed by atoms with E-state index in [9.17, 15) is 5.48 Å². The van der Waals surface area contributed by atoms with E-state index in [1.165, 1.54) is 11.1 Å². The first-order valence-electron chi connectivity index (χ1n) is 41.1. The fourth-order valence-electron chi connectivity index (χ4n) is 15.8. The summed E-state index contributed by atoms with van der Waals surface area (Å²) in [6, 6.07) is 71.5. The average molecular weight is 1350 g/mol. The molecule has 4 heterocycles. The summed E-state index contributed by atoms with van der Waals surface area (Å²) in [7, 11) is 0. The average Bonchev–Trinajstić information content (AvgIpc) is 0.934. The fourth-order valence-corrected chi connectivity index (χ4v) is 15.8. The first-order valence-corrected chi connectivity index (χ1v) is 36.1. The van der Waals surface area contributed by atoms with E-state index in [1.54, 1.807) is 0 Å². The Morgan fingerprint density at radius 3 is 1.17 bits per heavy atom. The van der Waals surface area contributed by atoms with Gasteiger partial charge in [-0.15, -0.1) is 0 Å². The normalized spacial score (nSPS) is 14.7. The molecule has 506 valence electrons. The number of para-hydroxylation sites is 2. The van der Waals surface area contributed by atoms with Gasteiger partial charge in [0, 0.05) is 55.4 Å². The molecule has 2 aliphatic heterocycles. The molecule has 13 aromatic carbocycles. The van der Waals surface area contributed by atoms with E-state index >= 15 is 0 Å². The number of fused-ring (bicyclic) bond motifs is 10. The Morgan fingerprint density at radius 1 is 0.291 bits per heavy atom. The first-order chi connectivity index (χ1) is 53.4. The molecule has 0 saturated heterocycles. The van der Waals surface area contributed by atoms with E-state index in [0.717, 1.165) is 122 Å². The summed E-state index contributed by atoms with van der Waals surface area (Å²) in [5.41, 5.74) is 22.5. The van der Waals surface area contributed by atoms with Gasteiger partial charge in [-0.2, -0.15) is 0 Å². The highest BCUT2D eigenvalue weighted by molar-refractivity contribution is 7.00. The van der Waals surface area contributed by atoms with E-state index in [1.807, 2.05) is 42.5 Å². The monoisotopic (exact) mass is 1350 g/mol. The minimum atomic E-state index is -0.635. The lowest BCUT2D eigenvalue weighted by molar-refractivity contribution is 0.569. The van der Waals surface area contributed by atoms with Crippen molar-refractivity contribution in [2.24, 2.45) is 0 Å². The van der Waals surface area contributed by atoms with E-state index in [0.29, 0.717) is 39.4 Å². The molecule has 2 aliphatic rings. The topological polar surface area (TPSA) is 24.6 Å². The van der Waals surface area contributed by atoms with Crippen molar-refractivity contribution in [3.8, 4) is 61.3 Å². The largest absolute Gasteiger partial charge is 0.452 e. The lowest BCUT2D eigenvalue weighted by Gasteiger charge is -2.45. The first kappa shape index (κ1) is 54.8. The smallest absolute Gasteiger partial charge is 0.252 e. The molecule has 15 aromatic rings. The van der Waals surface area contributed by atoms with Gasteiger partial charge in [0.05, 0.1) is 41.8 Å². The van der Waals surface area contributed by atoms with E-state index < -0.39 is 43.0 Å². The Bertz CT molecular complexity index is 6320. The maximum absolute atomic E-state index is 9.63. The van der Waals surface area contributed by atoms with Crippen LogP contribution >= 0.6 is 0 Å². The Labute approximate surface area is 623 Å². The molecular weight excluding hydrogens is 1250 g/mol. The Kier molecular flexibility index (Phi) is 12.7. The summed E-state index contributed by atoms with van der Waals surface area (Å²) < 4.78 is 103. The number of nitrogens with zero attached hydrogens (tertiary/aromatic N) is 3. The maximum atomic E-state index is 9.63. The zero-order valence-corrected chi connectivity index (χ0v) is 61.5. The lowest BCUT2D eigenvalue weighted by Crippen LogP contribution is -2.61. The minimum absolute atomic E-state index is 0.0498. The molecule has 0 saturated carbocycles. The zero-order valence-electron chi connectivity index (χ0n) is 71.5. The van der Waals surface area contributed by atoms with Gasteiger partial charge in [-0.3, -0.25) is 0 Å². The number of anilines is 6. The molecule has 4 nitrogen and oxygen atoms in total. The fraction of sp³-hybridized carbons (Fsp3) is 0.204. The summed E-state index contributed by atoms with van der Waals surface area (Å²) >= 11 is 0. The molecule has 0 radical (unpaired) electrons. The second kappa shape index (κ2) is 23.9. The molecule has 0 unspecified atom stereocenters. The molecule has 0 fully saturated rings. The highest BCUT2D eigenvalue weighted by atomic mass is 16.3.